The lowest BCUT2D eigenvalue weighted by Crippen LogP contribution is -2.32. The van der Waals surface area contributed by atoms with E-state index in [4.69, 9.17) is 14.5 Å². The predicted octanol–water partition coefficient (Wildman–Crippen LogP) is 5.20. The van der Waals surface area contributed by atoms with Crippen LogP contribution in [0.15, 0.2) is 65.6 Å². The van der Waals surface area contributed by atoms with E-state index in [1.165, 1.54) is 16.8 Å². The van der Waals surface area contributed by atoms with E-state index in [9.17, 15) is 0 Å². The summed E-state index contributed by atoms with van der Waals surface area (Å²) in [5.41, 5.74) is 6.94. The molecular weight excluding hydrogens is 372 g/mol. The number of hydrogen-bond acceptors (Lipinski definition) is 5. The van der Waals surface area contributed by atoms with Crippen LogP contribution in [-0.2, 0) is 12.8 Å². The summed E-state index contributed by atoms with van der Waals surface area (Å²) >= 11 is 0. The number of fused-ring (bicyclic) bond motifs is 4. The maximum absolute atomic E-state index is 5.60. The summed E-state index contributed by atoms with van der Waals surface area (Å²) in [6.07, 6.45) is 8.54. The van der Waals surface area contributed by atoms with E-state index in [2.05, 4.69) is 41.3 Å². The van der Waals surface area contributed by atoms with Crippen LogP contribution >= 0.6 is 0 Å². The van der Waals surface area contributed by atoms with E-state index in [1.807, 2.05) is 24.4 Å². The zero-order valence-corrected chi connectivity index (χ0v) is 16.8. The highest BCUT2D eigenvalue weighted by atomic mass is 16.5. The number of pyridine rings is 1. The van der Waals surface area contributed by atoms with Crippen LogP contribution in [0.4, 0.5) is 0 Å². The normalized spacial score (nSPS) is 22.1. The first kappa shape index (κ1) is 17.5. The smallest absolute Gasteiger partial charge is 0.160 e. The predicted molar refractivity (Wildman–Crippen MR) is 114 cm³/mol. The Morgan fingerprint density at radius 1 is 0.967 bits per heavy atom. The van der Waals surface area contributed by atoms with Crippen molar-refractivity contribution in [3.63, 3.8) is 0 Å². The highest BCUT2D eigenvalue weighted by molar-refractivity contribution is 5.68. The fourth-order valence-electron chi connectivity index (χ4n) is 5.31. The largest absolute Gasteiger partial charge is 0.361 e. The molecule has 0 amide bonds. The van der Waals surface area contributed by atoms with Crippen LogP contribution in [0.5, 0.6) is 0 Å². The van der Waals surface area contributed by atoms with Gasteiger partial charge in [-0.2, -0.15) is 0 Å². The van der Waals surface area contributed by atoms with Crippen molar-refractivity contribution in [2.75, 3.05) is 0 Å². The maximum atomic E-state index is 5.60. The first-order valence-corrected chi connectivity index (χ1v) is 10.6. The number of rotatable bonds is 2. The Morgan fingerprint density at radius 3 is 2.63 bits per heavy atom. The van der Waals surface area contributed by atoms with Crippen molar-refractivity contribution in [3.05, 3.63) is 83.6 Å². The van der Waals surface area contributed by atoms with Crippen molar-refractivity contribution >= 4 is 0 Å². The highest BCUT2D eigenvalue weighted by Crippen LogP contribution is 2.50. The van der Waals surface area contributed by atoms with Crippen molar-refractivity contribution in [3.8, 4) is 22.6 Å². The Hall–Kier alpha value is -3.34. The second-order valence-electron chi connectivity index (χ2n) is 8.38. The summed E-state index contributed by atoms with van der Waals surface area (Å²) in [7, 11) is 0. The fraction of sp³-hybridized carbons (Fsp3) is 0.280. The molecule has 5 heteroatoms. The first-order valence-electron chi connectivity index (χ1n) is 10.6. The zero-order valence-electron chi connectivity index (χ0n) is 16.8. The lowest BCUT2D eigenvalue weighted by atomic mass is 9.65. The summed E-state index contributed by atoms with van der Waals surface area (Å²) in [5.74, 6) is 3.07. The fourth-order valence-corrected chi connectivity index (χ4v) is 5.31. The Kier molecular flexibility index (Phi) is 4.01. The van der Waals surface area contributed by atoms with E-state index < -0.39 is 0 Å². The van der Waals surface area contributed by atoms with E-state index in [0.717, 1.165) is 47.7 Å². The quantitative estimate of drug-likeness (QED) is 0.468. The van der Waals surface area contributed by atoms with Crippen molar-refractivity contribution < 1.29 is 4.52 Å². The van der Waals surface area contributed by atoms with Gasteiger partial charge in [0.1, 0.15) is 5.76 Å². The topological polar surface area (TPSA) is 64.7 Å². The van der Waals surface area contributed by atoms with Gasteiger partial charge in [0.2, 0.25) is 0 Å². The van der Waals surface area contributed by atoms with Gasteiger partial charge in [0.25, 0.3) is 0 Å². The van der Waals surface area contributed by atoms with Crippen LogP contribution < -0.4 is 0 Å². The summed E-state index contributed by atoms with van der Waals surface area (Å²) in [5, 5.41) is 4.08. The Morgan fingerprint density at radius 2 is 1.80 bits per heavy atom. The molecule has 5 nitrogen and oxygen atoms in total. The van der Waals surface area contributed by atoms with Crippen LogP contribution in [0.25, 0.3) is 22.6 Å². The monoisotopic (exact) mass is 394 g/mol. The number of nitrogens with zero attached hydrogens (tertiary/aromatic N) is 4. The second-order valence-corrected chi connectivity index (χ2v) is 8.38. The molecule has 6 rings (SSSR count). The summed E-state index contributed by atoms with van der Waals surface area (Å²) < 4.78 is 5.60. The molecule has 30 heavy (non-hydrogen) atoms. The highest BCUT2D eigenvalue weighted by Gasteiger charge is 2.42. The standard InChI is InChI=1S/C25H22N4O/c1-15-19-7-8-20-22(16-5-3-2-4-6-16)28-25(17-9-11-26-12-10-17)29-23(20)21(19)13-18-14-27-30-24(15)18/h2-6,9-12,14-15,19,21H,7-8,13H2,1H3. The van der Waals surface area contributed by atoms with Crippen molar-refractivity contribution in [2.24, 2.45) is 5.92 Å². The minimum Gasteiger partial charge on any atom is -0.361 e. The van der Waals surface area contributed by atoms with Crippen LogP contribution in [0.1, 0.15) is 47.8 Å². The first-order chi connectivity index (χ1) is 14.8. The Labute approximate surface area is 175 Å². The van der Waals surface area contributed by atoms with Crippen molar-refractivity contribution in [1.82, 2.24) is 20.1 Å². The SMILES string of the molecule is CC1c2oncc2CC2c3nc(-c4ccncc4)nc(-c4ccccc4)c3CCC12. The molecule has 0 fully saturated rings. The third kappa shape index (κ3) is 2.69. The van der Waals surface area contributed by atoms with Gasteiger partial charge < -0.3 is 4.52 Å². The van der Waals surface area contributed by atoms with Gasteiger partial charge in [-0.25, -0.2) is 9.97 Å². The van der Waals surface area contributed by atoms with E-state index >= 15 is 0 Å². The molecule has 3 heterocycles. The lowest BCUT2D eigenvalue weighted by molar-refractivity contribution is 0.246. The molecule has 0 spiro atoms. The number of hydrogen-bond donors (Lipinski definition) is 0. The van der Waals surface area contributed by atoms with Gasteiger partial charge in [0.05, 0.1) is 17.6 Å². The molecule has 3 atom stereocenters. The Bertz CT molecular complexity index is 1200. The van der Waals surface area contributed by atoms with Crippen LogP contribution in [0.2, 0.25) is 0 Å². The number of benzene rings is 1. The maximum Gasteiger partial charge on any atom is 0.160 e. The van der Waals surface area contributed by atoms with Gasteiger partial charge in [0, 0.05) is 46.5 Å². The average molecular weight is 394 g/mol. The van der Waals surface area contributed by atoms with Crippen LogP contribution in [0.3, 0.4) is 0 Å². The summed E-state index contributed by atoms with van der Waals surface area (Å²) in [6, 6.07) is 14.5. The van der Waals surface area contributed by atoms with E-state index in [-0.39, 0.29) is 0 Å². The van der Waals surface area contributed by atoms with Crippen LogP contribution in [-0.4, -0.2) is 20.1 Å². The Balaban J connectivity index is 1.56. The molecule has 4 aromatic rings. The third-order valence-corrected chi connectivity index (χ3v) is 6.79. The average Bonchev–Trinajstić information content (AvgIpc) is 3.29. The number of aromatic nitrogens is 4. The molecule has 2 aliphatic carbocycles. The summed E-state index contributed by atoms with van der Waals surface area (Å²) in [4.78, 5) is 14.4. The molecule has 1 aromatic carbocycles. The van der Waals surface area contributed by atoms with Gasteiger partial charge in [-0.05, 0) is 37.3 Å². The van der Waals surface area contributed by atoms with Crippen molar-refractivity contribution in [2.45, 2.75) is 38.0 Å². The van der Waals surface area contributed by atoms with Gasteiger partial charge in [-0.15, -0.1) is 0 Å². The van der Waals surface area contributed by atoms with Gasteiger partial charge in [-0.1, -0.05) is 42.4 Å². The molecular formula is C25H22N4O. The lowest BCUT2D eigenvalue weighted by Gasteiger charge is -2.39. The molecule has 148 valence electrons. The minimum atomic E-state index is 0.355. The molecule has 0 N–H and O–H groups in total. The van der Waals surface area contributed by atoms with Gasteiger partial charge in [-0.3, -0.25) is 4.98 Å². The molecule has 0 bridgehead atoms. The molecule has 0 radical (unpaired) electrons. The molecule has 3 aromatic heterocycles. The third-order valence-electron chi connectivity index (χ3n) is 6.79. The molecule has 0 saturated carbocycles. The summed E-state index contributed by atoms with van der Waals surface area (Å²) in [6.45, 7) is 2.27. The molecule has 0 aliphatic heterocycles. The zero-order chi connectivity index (χ0) is 20.1. The molecule has 3 unspecified atom stereocenters. The minimum absolute atomic E-state index is 0.355. The van der Waals surface area contributed by atoms with Crippen molar-refractivity contribution in [1.29, 1.82) is 0 Å². The second kappa shape index (κ2) is 6.87. The van der Waals surface area contributed by atoms with Crippen LogP contribution in [0, 0.1) is 5.92 Å². The van der Waals surface area contributed by atoms with Gasteiger partial charge in [0.15, 0.2) is 5.82 Å². The molecule has 2 aliphatic rings. The van der Waals surface area contributed by atoms with Gasteiger partial charge >= 0.3 is 0 Å². The van der Waals surface area contributed by atoms with E-state index in [0.29, 0.717) is 17.8 Å². The van der Waals surface area contributed by atoms with E-state index in [1.54, 1.807) is 12.4 Å². The molecule has 0 saturated heterocycles.